The predicted octanol–water partition coefficient (Wildman–Crippen LogP) is 2.21. The molecule has 2 aromatic carbocycles. The van der Waals surface area contributed by atoms with E-state index in [1.165, 1.54) is 11.3 Å². The molecule has 7 heteroatoms. The zero-order chi connectivity index (χ0) is 18.4. The highest BCUT2D eigenvalue weighted by Gasteiger charge is 2.10. The van der Waals surface area contributed by atoms with Crippen molar-refractivity contribution in [3.8, 4) is 17.6 Å². The maximum atomic E-state index is 12.1. The van der Waals surface area contributed by atoms with Crippen LogP contribution in [0.3, 0.4) is 0 Å². The normalized spacial score (nSPS) is 10.0. The highest BCUT2D eigenvalue weighted by molar-refractivity contribution is 7.20. The average molecular weight is 365 g/mol. The highest BCUT2D eigenvalue weighted by atomic mass is 32.1. The Bertz CT molecular complexity index is 984. The first-order valence-corrected chi connectivity index (χ1v) is 8.58. The Morgan fingerprint density at radius 3 is 2.69 bits per heavy atom. The molecule has 0 radical (unpaired) electrons. The molecule has 0 saturated carbocycles. The van der Waals surface area contributed by atoms with Crippen molar-refractivity contribution in [2.75, 3.05) is 13.2 Å². The first-order chi connectivity index (χ1) is 12.6. The van der Waals surface area contributed by atoms with Crippen LogP contribution in [0.1, 0.15) is 20.2 Å². The molecule has 130 valence electrons. The number of nitrogens with zero attached hydrogens (tertiary/aromatic N) is 1. The van der Waals surface area contributed by atoms with E-state index in [0.717, 1.165) is 10.2 Å². The number of nitrogens with two attached hydrogens (primary N) is 1. The van der Waals surface area contributed by atoms with Gasteiger partial charge in [0, 0.05) is 0 Å². The molecule has 0 fully saturated rings. The summed E-state index contributed by atoms with van der Waals surface area (Å²) >= 11 is 1.34. The van der Waals surface area contributed by atoms with Crippen LogP contribution in [-0.2, 0) is 0 Å². The van der Waals surface area contributed by atoms with Crippen LogP contribution >= 0.6 is 11.3 Å². The molecule has 0 aliphatic rings. The Morgan fingerprint density at radius 1 is 1.12 bits per heavy atom. The predicted molar refractivity (Wildman–Crippen MR) is 100 cm³/mol. The molecule has 3 rings (SSSR count). The van der Waals surface area contributed by atoms with E-state index in [1.807, 2.05) is 24.3 Å². The summed E-state index contributed by atoms with van der Waals surface area (Å²) in [7, 11) is 0. The summed E-state index contributed by atoms with van der Waals surface area (Å²) in [6.45, 7) is 0.261. The van der Waals surface area contributed by atoms with Crippen LogP contribution in [0.2, 0.25) is 0 Å². The molecular formula is C19H15N3O3S. The van der Waals surface area contributed by atoms with E-state index in [1.54, 1.807) is 24.3 Å². The molecule has 3 aromatic rings. The Morgan fingerprint density at radius 2 is 1.88 bits per heavy atom. The van der Waals surface area contributed by atoms with Crippen LogP contribution < -0.4 is 15.8 Å². The molecule has 2 amide bonds. The van der Waals surface area contributed by atoms with E-state index in [4.69, 9.17) is 10.5 Å². The maximum absolute atomic E-state index is 12.1. The summed E-state index contributed by atoms with van der Waals surface area (Å²) in [5.74, 6) is 5.13. The summed E-state index contributed by atoms with van der Waals surface area (Å²) < 4.78 is 6.40. The number of aromatic nitrogens is 1. The topological polar surface area (TPSA) is 94.3 Å². The van der Waals surface area contributed by atoms with E-state index < -0.39 is 5.91 Å². The molecule has 1 heterocycles. The lowest BCUT2D eigenvalue weighted by Crippen LogP contribution is -2.23. The number of carbonyl (C=O) groups excluding carboxylic acids is 2. The maximum Gasteiger partial charge on any atom is 0.281 e. The van der Waals surface area contributed by atoms with Crippen LogP contribution in [0.15, 0.2) is 48.5 Å². The van der Waals surface area contributed by atoms with Crippen LogP contribution in [0, 0.1) is 11.8 Å². The second-order valence-electron chi connectivity index (χ2n) is 5.17. The lowest BCUT2D eigenvalue weighted by molar-refractivity contribution is 0.0956. The van der Waals surface area contributed by atoms with Gasteiger partial charge in [-0.15, -0.1) is 11.3 Å². The molecule has 0 saturated heterocycles. The number of rotatable bonds is 5. The molecule has 0 aliphatic carbocycles. The lowest BCUT2D eigenvalue weighted by atomic mass is 10.2. The van der Waals surface area contributed by atoms with Crippen LogP contribution in [0.4, 0.5) is 0 Å². The van der Waals surface area contributed by atoms with E-state index in [9.17, 15) is 9.59 Å². The minimum atomic E-state index is -0.559. The van der Waals surface area contributed by atoms with Gasteiger partial charge in [0.05, 0.1) is 22.3 Å². The zero-order valence-electron chi connectivity index (χ0n) is 13.7. The molecular weight excluding hydrogens is 350 g/mol. The SMILES string of the molecule is NC(=O)c1ccccc1OCC#CCNC(=O)c1nc2ccccc2s1. The van der Waals surface area contributed by atoms with Crippen molar-refractivity contribution in [2.24, 2.45) is 5.73 Å². The summed E-state index contributed by atoms with van der Waals surface area (Å²) in [6.07, 6.45) is 0. The third-order valence-electron chi connectivity index (χ3n) is 3.40. The van der Waals surface area contributed by atoms with Crippen molar-refractivity contribution in [3.63, 3.8) is 0 Å². The van der Waals surface area contributed by atoms with Gasteiger partial charge in [-0.1, -0.05) is 36.1 Å². The molecule has 0 atom stereocenters. The molecule has 1 aromatic heterocycles. The molecule has 3 N–H and O–H groups in total. The van der Waals surface area contributed by atoms with Crippen LogP contribution in [0.5, 0.6) is 5.75 Å². The van der Waals surface area contributed by atoms with E-state index in [2.05, 4.69) is 22.1 Å². The van der Waals surface area contributed by atoms with Gasteiger partial charge >= 0.3 is 0 Å². The number of benzene rings is 2. The number of primary amides is 1. The molecule has 6 nitrogen and oxygen atoms in total. The highest BCUT2D eigenvalue weighted by Crippen LogP contribution is 2.21. The molecule has 0 unspecified atom stereocenters. The third-order valence-corrected chi connectivity index (χ3v) is 4.44. The minimum absolute atomic E-state index is 0.0846. The van der Waals surface area contributed by atoms with E-state index >= 15 is 0 Å². The Labute approximate surface area is 154 Å². The Balaban J connectivity index is 1.50. The van der Waals surface area contributed by atoms with Gasteiger partial charge in [-0.25, -0.2) is 4.98 Å². The van der Waals surface area contributed by atoms with Gasteiger partial charge in [0.1, 0.15) is 12.4 Å². The quantitative estimate of drug-likeness (QED) is 0.678. The van der Waals surface area contributed by atoms with Crippen molar-refractivity contribution in [3.05, 3.63) is 59.1 Å². The fourth-order valence-corrected chi connectivity index (χ4v) is 3.07. The molecule has 0 bridgehead atoms. The fraction of sp³-hybridized carbons (Fsp3) is 0.105. The van der Waals surface area contributed by atoms with Crippen LogP contribution in [0.25, 0.3) is 10.2 Å². The number of para-hydroxylation sites is 2. The van der Waals surface area contributed by atoms with Crippen molar-refractivity contribution in [1.82, 2.24) is 10.3 Å². The van der Waals surface area contributed by atoms with Gasteiger partial charge in [0.25, 0.3) is 11.8 Å². The van der Waals surface area contributed by atoms with Gasteiger partial charge in [0.15, 0.2) is 5.01 Å². The van der Waals surface area contributed by atoms with Crippen LogP contribution in [-0.4, -0.2) is 29.9 Å². The molecule has 0 aliphatic heterocycles. The van der Waals surface area contributed by atoms with Gasteiger partial charge in [-0.2, -0.15) is 0 Å². The Kier molecular flexibility index (Phi) is 5.46. The summed E-state index contributed by atoms with van der Waals surface area (Å²) in [6, 6.07) is 14.3. The zero-order valence-corrected chi connectivity index (χ0v) is 14.5. The van der Waals surface area contributed by atoms with Gasteiger partial charge in [-0.05, 0) is 24.3 Å². The first kappa shape index (κ1) is 17.5. The van der Waals surface area contributed by atoms with Crippen molar-refractivity contribution >= 4 is 33.4 Å². The number of fused-ring (bicyclic) bond motifs is 1. The first-order valence-electron chi connectivity index (χ1n) is 7.76. The van der Waals surface area contributed by atoms with Gasteiger partial charge in [0.2, 0.25) is 0 Å². The standard InChI is InChI=1S/C19H15N3O3S/c20-17(23)13-7-1-3-9-15(13)25-12-6-5-11-21-18(24)19-22-14-8-2-4-10-16(14)26-19/h1-4,7-10H,11-12H2,(H2,20,23)(H,21,24). The average Bonchev–Trinajstić information content (AvgIpc) is 3.09. The fourth-order valence-electron chi connectivity index (χ4n) is 2.19. The lowest BCUT2D eigenvalue weighted by Gasteiger charge is -2.05. The van der Waals surface area contributed by atoms with Crippen molar-refractivity contribution in [2.45, 2.75) is 0 Å². The van der Waals surface area contributed by atoms with Gasteiger partial charge in [-0.3, -0.25) is 9.59 Å². The number of hydrogen-bond donors (Lipinski definition) is 2. The molecule has 26 heavy (non-hydrogen) atoms. The monoisotopic (exact) mass is 365 g/mol. The summed E-state index contributed by atoms with van der Waals surface area (Å²) in [5.41, 5.74) is 6.38. The van der Waals surface area contributed by atoms with Crippen molar-refractivity contribution < 1.29 is 14.3 Å². The van der Waals surface area contributed by atoms with Gasteiger partial charge < -0.3 is 15.8 Å². The van der Waals surface area contributed by atoms with Crippen molar-refractivity contribution in [1.29, 1.82) is 0 Å². The smallest absolute Gasteiger partial charge is 0.281 e. The number of thiazole rings is 1. The second kappa shape index (κ2) is 8.14. The van der Waals surface area contributed by atoms with E-state index in [-0.39, 0.29) is 19.1 Å². The van der Waals surface area contributed by atoms with E-state index in [0.29, 0.717) is 16.3 Å². The second-order valence-corrected chi connectivity index (χ2v) is 6.20. The molecule has 0 spiro atoms. The number of nitrogens with one attached hydrogen (secondary N) is 1. The number of amides is 2. The summed E-state index contributed by atoms with van der Waals surface area (Å²) in [5, 5.41) is 3.10. The Hall–Kier alpha value is -3.37. The number of hydrogen-bond acceptors (Lipinski definition) is 5. The third kappa shape index (κ3) is 4.18. The number of ether oxygens (including phenoxy) is 1. The summed E-state index contributed by atoms with van der Waals surface area (Å²) in [4.78, 5) is 27.6. The minimum Gasteiger partial charge on any atom is -0.480 e. The number of carbonyl (C=O) groups is 2. The largest absolute Gasteiger partial charge is 0.480 e.